The maximum atomic E-state index is 11.5. The van der Waals surface area contributed by atoms with E-state index in [2.05, 4.69) is 31.3 Å². The topological polar surface area (TPSA) is 153 Å². The first-order valence-electron chi connectivity index (χ1n) is 5.40. The van der Waals surface area contributed by atoms with E-state index in [1.54, 1.807) is 0 Å². The fourth-order valence-electron chi connectivity index (χ4n) is 1.38. The number of nitrogens with zero attached hydrogens (tertiary/aromatic N) is 3. The summed E-state index contributed by atoms with van der Waals surface area (Å²) in [5.74, 6) is -1.38. The van der Waals surface area contributed by atoms with Crippen LogP contribution in [0.25, 0.3) is 0 Å². The van der Waals surface area contributed by atoms with Gasteiger partial charge in [0.2, 0.25) is 0 Å². The number of carbonyl (C=O) groups is 2. The second-order valence-electron chi connectivity index (χ2n) is 3.67. The Morgan fingerprint density at radius 3 is 2.75 bits per heavy atom. The number of aromatic amines is 1. The van der Waals surface area contributed by atoms with Gasteiger partial charge in [-0.1, -0.05) is 5.21 Å². The molecule has 0 atom stereocenters. The summed E-state index contributed by atoms with van der Waals surface area (Å²) < 4.78 is 0. The van der Waals surface area contributed by atoms with Crippen LogP contribution >= 0.6 is 0 Å². The van der Waals surface area contributed by atoms with Gasteiger partial charge in [0.15, 0.2) is 5.82 Å². The zero-order valence-electron chi connectivity index (χ0n) is 9.99. The number of tetrazole rings is 1. The van der Waals surface area contributed by atoms with E-state index in [4.69, 9.17) is 5.11 Å². The minimum Gasteiger partial charge on any atom is -0.507 e. The van der Waals surface area contributed by atoms with Crippen molar-refractivity contribution in [2.75, 3.05) is 5.32 Å². The summed E-state index contributed by atoms with van der Waals surface area (Å²) in [6, 6.07) is 3.12. The van der Waals surface area contributed by atoms with Crippen molar-refractivity contribution in [3.8, 4) is 5.75 Å². The molecule has 104 valence electrons. The number of H-pyrrole nitrogens is 1. The first-order valence-corrected chi connectivity index (χ1v) is 5.40. The SMILES string of the molecule is O=C(NCc1nn[nH]n1)Nc1ccc(C(=O)O)c(O)c1. The van der Waals surface area contributed by atoms with Crippen molar-refractivity contribution in [3.05, 3.63) is 29.6 Å². The molecule has 2 aromatic rings. The van der Waals surface area contributed by atoms with Crippen LogP contribution in [-0.4, -0.2) is 42.8 Å². The van der Waals surface area contributed by atoms with Gasteiger partial charge in [0.05, 0.1) is 6.54 Å². The van der Waals surface area contributed by atoms with Crippen LogP contribution in [-0.2, 0) is 6.54 Å². The second kappa shape index (κ2) is 5.65. The van der Waals surface area contributed by atoms with Gasteiger partial charge in [0.25, 0.3) is 0 Å². The number of hydrogen-bond acceptors (Lipinski definition) is 6. The van der Waals surface area contributed by atoms with Crippen LogP contribution < -0.4 is 10.6 Å². The maximum absolute atomic E-state index is 11.5. The molecule has 1 aromatic carbocycles. The molecule has 2 rings (SSSR count). The third kappa shape index (κ3) is 3.19. The van der Waals surface area contributed by atoms with Gasteiger partial charge in [0, 0.05) is 11.8 Å². The summed E-state index contributed by atoms with van der Waals surface area (Å²) in [5, 5.41) is 35.9. The van der Waals surface area contributed by atoms with E-state index in [0.29, 0.717) is 5.82 Å². The highest BCUT2D eigenvalue weighted by molar-refractivity contribution is 5.93. The van der Waals surface area contributed by atoms with E-state index in [1.165, 1.54) is 12.1 Å². The predicted octanol–water partition coefficient (Wildman–Crippen LogP) is -0.0748. The van der Waals surface area contributed by atoms with Gasteiger partial charge in [0.1, 0.15) is 11.3 Å². The lowest BCUT2D eigenvalue weighted by Gasteiger charge is -2.07. The number of aromatic carboxylic acids is 1. The van der Waals surface area contributed by atoms with E-state index < -0.39 is 17.7 Å². The number of carboxylic acid groups (broad SMARTS) is 1. The number of amides is 2. The number of aromatic nitrogens is 4. The zero-order chi connectivity index (χ0) is 14.5. The number of aromatic hydroxyl groups is 1. The van der Waals surface area contributed by atoms with Crippen LogP contribution in [0.2, 0.25) is 0 Å². The van der Waals surface area contributed by atoms with Crippen LogP contribution in [0.4, 0.5) is 10.5 Å². The Kier molecular flexibility index (Phi) is 3.75. The lowest BCUT2D eigenvalue weighted by molar-refractivity contribution is 0.0694. The molecular formula is C10H10N6O4. The maximum Gasteiger partial charge on any atom is 0.339 e. The quantitative estimate of drug-likeness (QED) is 0.524. The van der Waals surface area contributed by atoms with E-state index >= 15 is 0 Å². The molecule has 0 bridgehead atoms. The van der Waals surface area contributed by atoms with E-state index in [1.807, 2.05) is 0 Å². The van der Waals surface area contributed by atoms with Gasteiger partial charge < -0.3 is 20.8 Å². The number of carboxylic acids is 1. The van der Waals surface area contributed by atoms with Crippen molar-refractivity contribution in [1.29, 1.82) is 0 Å². The molecular weight excluding hydrogens is 268 g/mol. The number of rotatable bonds is 4. The monoisotopic (exact) mass is 278 g/mol. The van der Waals surface area contributed by atoms with Crippen molar-refractivity contribution >= 4 is 17.7 Å². The second-order valence-corrected chi connectivity index (χ2v) is 3.67. The summed E-state index contributed by atoms with van der Waals surface area (Å²) in [7, 11) is 0. The Morgan fingerprint density at radius 1 is 1.35 bits per heavy atom. The molecule has 0 spiro atoms. The molecule has 0 saturated heterocycles. The molecule has 0 aliphatic carbocycles. The molecule has 0 radical (unpaired) electrons. The van der Waals surface area contributed by atoms with Crippen LogP contribution in [0.5, 0.6) is 5.75 Å². The van der Waals surface area contributed by atoms with Crippen LogP contribution in [0.15, 0.2) is 18.2 Å². The van der Waals surface area contributed by atoms with Crippen molar-refractivity contribution in [2.24, 2.45) is 0 Å². The van der Waals surface area contributed by atoms with E-state index in [9.17, 15) is 14.7 Å². The number of anilines is 1. The van der Waals surface area contributed by atoms with Crippen molar-refractivity contribution < 1.29 is 19.8 Å². The third-order valence-electron chi connectivity index (χ3n) is 2.28. The highest BCUT2D eigenvalue weighted by atomic mass is 16.4. The van der Waals surface area contributed by atoms with Crippen LogP contribution in [0.3, 0.4) is 0 Å². The van der Waals surface area contributed by atoms with Crippen molar-refractivity contribution in [2.45, 2.75) is 6.54 Å². The largest absolute Gasteiger partial charge is 0.507 e. The molecule has 0 unspecified atom stereocenters. The summed E-state index contributed by atoms with van der Waals surface area (Å²) in [6.07, 6.45) is 0. The molecule has 10 heteroatoms. The standard InChI is InChI=1S/C10H10N6O4/c17-7-3-5(1-2-6(7)9(18)19)12-10(20)11-4-8-13-15-16-14-8/h1-3,17H,4H2,(H,18,19)(H2,11,12,20)(H,13,14,15,16). The molecule has 0 aliphatic rings. The molecule has 0 fully saturated rings. The molecule has 5 N–H and O–H groups in total. The Bertz CT molecular complexity index is 627. The molecule has 1 heterocycles. The van der Waals surface area contributed by atoms with Crippen LogP contribution in [0.1, 0.15) is 16.2 Å². The number of urea groups is 1. The van der Waals surface area contributed by atoms with Crippen molar-refractivity contribution in [3.63, 3.8) is 0 Å². The zero-order valence-corrected chi connectivity index (χ0v) is 9.99. The molecule has 1 aromatic heterocycles. The molecule has 20 heavy (non-hydrogen) atoms. The highest BCUT2D eigenvalue weighted by Gasteiger charge is 2.11. The lowest BCUT2D eigenvalue weighted by Crippen LogP contribution is -2.28. The van der Waals surface area contributed by atoms with Gasteiger partial charge in [-0.25, -0.2) is 9.59 Å². The average Bonchev–Trinajstić information content (AvgIpc) is 2.89. The van der Waals surface area contributed by atoms with E-state index in [-0.39, 0.29) is 17.8 Å². The smallest absolute Gasteiger partial charge is 0.339 e. The Balaban J connectivity index is 1.94. The summed E-state index contributed by atoms with van der Waals surface area (Å²) in [4.78, 5) is 22.2. The predicted molar refractivity (Wildman–Crippen MR) is 65.1 cm³/mol. The fourth-order valence-corrected chi connectivity index (χ4v) is 1.38. The van der Waals surface area contributed by atoms with Gasteiger partial charge in [-0.2, -0.15) is 5.21 Å². The first kappa shape index (κ1) is 13.3. The molecule has 0 aliphatic heterocycles. The molecule has 10 nitrogen and oxygen atoms in total. The Labute approximate surface area is 111 Å². The normalized spacial score (nSPS) is 10.0. The van der Waals surface area contributed by atoms with Gasteiger partial charge in [-0.15, -0.1) is 10.2 Å². The minimum atomic E-state index is -1.25. The fraction of sp³-hybridized carbons (Fsp3) is 0.100. The summed E-state index contributed by atoms with van der Waals surface area (Å²) in [5.41, 5.74) is 0.000803. The lowest BCUT2D eigenvalue weighted by atomic mass is 10.2. The minimum absolute atomic E-state index is 0.0710. The first-order chi connectivity index (χ1) is 9.56. The molecule has 2 amide bonds. The third-order valence-corrected chi connectivity index (χ3v) is 2.28. The Morgan fingerprint density at radius 2 is 2.15 bits per heavy atom. The Hall–Kier alpha value is -3.17. The summed E-state index contributed by atoms with van der Waals surface area (Å²) >= 11 is 0. The number of benzene rings is 1. The van der Waals surface area contributed by atoms with Crippen molar-refractivity contribution in [1.82, 2.24) is 25.9 Å². The van der Waals surface area contributed by atoms with Gasteiger partial charge in [-0.3, -0.25) is 0 Å². The van der Waals surface area contributed by atoms with Gasteiger partial charge >= 0.3 is 12.0 Å². The summed E-state index contributed by atoms with van der Waals surface area (Å²) in [6.45, 7) is 0.0710. The molecule has 0 saturated carbocycles. The average molecular weight is 278 g/mol. The van der Waals surface area contributed by atoms with Crippen LogP contribution in [0, 0.1) is 0 Å². The highest BCUT2D eigenvalue weighted by Crippen LogP contribution is 2.21. The van der Waals surface area contributed by atoms with Gasteiger partial charge in [-0.05, 0) is 12.1 Å². The number of nitrogens with one attached hydrogen (secondary N) is 3. The number of phenols is 1. The van der Waals surface area contributed by atoms with E-state index in [0.717, 1.165) is 6.07 Å². The number of carbonyl (C=O) groups excluding carboxylic acids is 1. The number of hydrogen-bond donors (Lipinski definition) is 5.